The third kappa shape index (κ3) is 2.74. The Kier molecular flexibility index (Phi) is 4.86. The van der Waals surface area contributed by atoms with Crippen molar-refractivity contribution in [3.63, 3.8) is 0 Å². The highest BCUT2D eigenvalue weighted by Gasteiger charge is 2.75. The van der Waals surface area contributed by atoms with Crippen molar-refractivity contribution in [3.05, 3.63) is 12.2 Å². The van der Waals surface area contributed by atoms with E-state index in [1.165, 1.54) is 64.2 Å². The van der Waals surface area contributed by atoms with E-state index in [0.717, 1.165) is 29.6 Å². The summed E-state index contributed by atoms with van der Waals surface area (Å²) in [4.78, 5) is 0. The van der Waals surface area contributed by atoms with Crippen molar-refractivity contribution >= 4 is 0 Å². The summed E-state index contributed by atoms with van der Waals surface area (Å²) >= 11 is 0. The van der Waals surface area contributed by atoms with Gasteiger partial charge in [-0.25, -0.2) is 0 Å². The number of aliphatic hydroxyl groups is 1. The van der Waals surface area contributed by atoms with Gasteiger partial charge in [0.05, 0.1) is 6.10 Å². The molecule has 0 heterocycles. The molecule has 1 spiro atoms. The summed E-state index contributed by atoms with van der Waals surface area (Å²) in [5.41, 5.74) is 1.30. The Morgan fingerprint density at radius 3 is 2.52 bits per heavy atom. The minimum Gasteiger partial charge on any atom is -0.392 e. The predicted molar refractivity (Wildman–Crippen MR) is 121 cm³/mol. The van der Waals surface area contributed by atoms with E-state index in [1.54, 1.807) is 0 Å². The largest absolute Gasteiger partial charge is 0.392 e. The lowest BCUT2D eigenvalue weighted by atomic mass is 9.44. The summed E-state index contributed by atoms with van der Waals surface area (Å²) in [6.45, 7) is 12.6. The van der Waals surface area contributed by atoms with E-state index in [4.69, 9.17) is 0 Å². The first-order chi connectivity index (χ1) is 13.7. The van der Waals surface area contributed by atoms with Crippen LogP contribution in [0.2, 0.25) is 0 Å². The van der Waals surface area contributed by atoms with Crippen LogP contribution in [0.1, 0.15) is 98.8 Å². The molecular formula is C28H46O. The summed E-state index contributed by atoms with van der Waals surface area (Å²) in [5.74, 6) is 5.26. The molecule has 1 nitrogen and oxygen atoms in total. The summed E-state index contributed by atoms with van der Waals surface area (Å²) < 4.78 is 0. The van der Waals surface area contributed by atoms with Crippen LogP contribution in [0, 0.1) is 57.7 Å². The molecule has 164 valence electrons. The molecule has 4 fully saturated rings. The number of allylic oxidation sites excluding steroid dienone is 2. The molecule has 0 amide bonds. The Balaban J connectivity index is 1.38. The SMILES string of the molecule is CC(C)CCCC(C)[C@H]1CCC2[C@H]3C(CC[C@@]21C)[C@@]1(C)CCC=C[C@]12C[C@@H]2[C@@H]3O. The van der Waals surface area contributed by atoms with Gasteiger partial charge in [-0.15, -0.1) is 0 Å². The first kappa shape index (κ1) is 20.6. The lowest BCUT2D eigenvalue weighted by molar-refractivity contribution is -0.152. The zero-order chi connectivity index (χ0) is 20.6. The first-order valence-electron chi connectivity index (χ1n) is 13.1. The molecule has 5 rings (SSSR count). The molecule has 0 radical (unpaired) electrons. The van der Waals surface area contributed by atoms with Crippen LogP contribution in [-0.2, 0) is 0 Å². The smallest absolute Gasteiger partial charge is 0.0611 e. The first-order valence-corrected chi connectivity index (χ1v) is 13.1. The van der Waals surface area contributed by atoms with Crippen molar-refractivity contribution in [2.45, 2.75) is 105 Å². The van der Waals surface area contributed by atoms with Crippen LogP contribution in [0.5, 0.6) is 0 Å². The molecule has 0 aromatic rings. The maximum Gasteiger partial charge on any atom is 0.0611 e. The van der Waals surface area contributed by atoms with Crippen LogP contribution >= 0.6 is 0 Å². The topological polar surface area (TPSA) is 20.2 Å². The minimum absolute atomic E-state index is 0.0320. The third-order valence-electron chi connectivity index (χ3n) is 11.5. The number of hydrogen-bond acceptors (Lipinski definition) is 1. The molecule has 5 aliphatic carbocycles. The lowest BCUT2D eigenvalue weighted by Gasteiger charge is -2.61. The van der Waals surface area contributed by atoms with Gasteiger partial charge in [-0.05, 0) is 103 Å². The standard InChI is InChI=1S/C28H46O/c1-18(2)9-8-10-19(3)20-11-12-21-24-22(13-16-26(20,21)4)27(5)14-6-7-15-28(27)17-23(28)25(24)29/h7,15,18-25,29H,6,8-14,16-17H2,1-5H3/t19?,20-,21?,22?,23-,24+,25+,26-,27-,28-/m1/s1. The highest BCUT2D eigenvalue weighted by atomic mass is 16.3. The van der Waals surface area contributed by atoms with Gasteiger partial charge in [-0.2, -0.15) is 0 Å². The van der Waals surface area contributed by atoms with Crippen molar-refractivity contribution in [1.82, 2.24) is 0 Å². The Labute approximate surface area is 180 Å². The summed E-state index contributed by atoms with van der Waals surface area (Å²) in [5, 5.41) is 11.6. The lowest BCUT2D eigenvalue weighted by Crippen LogP contribution is -2.58. The van der Waals surface area contributed by atoms with Gasteiger partial charge in [0.2, 0.25) is 0 Å². The maximum atomic E-state index is 11.6. The Morgan fingerprint density at radius 1 is 0.966 bits per heavy atom. The Hall–Kier alpha value is -0.300. The second-order valence-electron chi connectivity index (χ2n) is 13.0. The molecule has 0 saturated heterocycles. The number of fused-ring (bicyclic) bond motifs is 4. The molecule has 1 heteroatoms. The Morgan fingerprint density at radius 2 is 1.76 bits per heavy atom. The van der Waals surface area contributed by atoms with E-state index in [2.05, 4.69) is 46.8 Å². The van der Waals surface area contributed by atoms with Gasteiger partial charge in [0.15, 0.2) is 0 Å². The highest BCUT2D eigenvalue weighted by Crippen LogP contribution is 2.79. The average molecular weight is 399 g/mol. The van der Waals surface area contributed by atoms with Gasteiger partial charge in [-0.1, -0.05) is 66.0 Å². The second-order valence-corrected chi connectivity index (χ2v) is 13.0. The van der Waals surface area contributed by atoms with Crippen LogP contribution < -0.4 is 0 Å². The van der Waals surface area contributed by atoms with Gasteiger partial charge in [-0.3, -0.25) is 0 Å². The molecule has 5 aliphatic rings. The van der Waals surface area contributed by atoms with Gasteiger partial charge >= 0.3 is 0 Å². The highest BCUT2D eigenvalue weighted by molar-refractivity contribution is 5.31. The van der Waals surface area contributed by atoms with E-state index in [-0.39, 0.29) is 6.10 Å². The van der Waals surface area contributed by atoms with Crippen molar-refractivity contribution in [3.8, 4) is 0 Å². The summed E-state index contributed by atoms with van der Waals surface area (Å²) in [6, 6.07) is 0. The second kappa shape index (κ2) is 6.85. The van der Waals surface area contributed by atoms with Crippen LogP contribution in [0.3, 0.4) is 0 Å². The monoisotopic (exact) mass is 398 g/mol. The fraction of sp³-hybridized carbons (Fsp3) is 0.929. The summed E-state index contributed by atoms with van der Waals surface area (Å²) in [6.07, 6.45) is 18.7. The van der Waals surface area contributed by atoms with Crippen molar-refractivity contribution in [2.24, 2.45) is 57.7 Å². The Bertz CT molecular complexity index is 665. The van der Waals surface area contributed by atoms with Gasteiger partial charge in [0.1, 0.15) is 0 Å². The summed E-state index contributed by atoms with van der Waals surface area (Å²) in [7, 11) is 0. The van der Waals surface area contributed by atoms with Gasteiger partial charge in [0.25, 0.3) is 0 Å². The average Bonchev–Trinajstić information content (AvgIpc) is 3.30. The minimum atomic E-state index is -0.0320. The molecule has 29 heavy (non-hydrogen) atoms. The molecule has 0 bridgehead atoms. The quantitative estimate of drug-likeness (QED) is 0.484. The van der Waals surface area contributed by atoms with E-state index >= 15 is 0 Å². The van der Waals surface area contributed by atoms with Crippen molar-refractivity contribution in [1.29, 1.82) is 0 Å². The zero-order valence-corrected chi connectivity index (χ0v) is 19.8. The molecule has 0 aromatic heterocycles. The number of hydrogen-bond donors (Lipinski definition) is 1. The molecular weight excluding hydrogens is 352 g/mol. The van der Waals surface area contributed by atoms with Gasteiger partial charge < -0.3 is 5.11 Å². The van der Waals surface area contributed by atoms with Crippen LogP contribution in [-0.4, -0.2) is 11.2 Å². The molecule has 10 atom stereocenters. The van der Waals surface area contributed by atoms with Crippen molar-refractivity contribution < 1.29 is 5.11 Å². The normalized spacial score (nSPS) is 53.8. The fourth-order valence-electron chi connectivity index (χ4n) is 9.92. The van der Waals surface area contributed by atoms with E-state index in [9.17, 15) is 5.11 Å². The molecule has 3 unspecified atom stereocenters. The van der Waals surface area contributed by atoms with E-state index in [0.29, 0.717) is 28.1 Å². The van der Waals surface area contributed by atoms with Crippen molar-refractivity contribution in [2.75, 3.05) is 0 Å². The van der Waals surface area contributed by atoms with Crippen LogP contribution in [0.25, 0.3) is 0 Å². The van der Waals surface area contributed by atoms with Gasteiger partial charge in [0, 0.05) is 0 Å². The number of aliphatic hydroxyl groups excluding tert-OH is 1. The number of rotatable bonds is 5. The molecule has 4 saturated carbocycles. The zero-order valence-electron chi connectivity index (χ0n) is 19.8. The molecule has 0 aliphatic heterocycles. The molecule has 1 N–H and O–H groups in total. The predicted octanol–water partition coefficient (Wildman–Crippen LogP) is 7.24. The van der Waals surface area contributed by atoms with E-state index < -0.39 is 0 Å². The molecule has 0 aromatic carbocycles. The maximum absolute atomic E-state index is 11.6. The van der Waals surface area contributed by atoms with E-state index in [1.807, 2.05) is 0 Å². The fourth-order valence-corrected chi connectivity index (χ4v) is 9.92. The van der Waals surface area contributed by atoms with Crippen LogP contribution in [0.15, 0.2) is 12.2 Å². The third-order valence-corrected chi connectivity index (χ3v) is 11.5. The van der Waals surface area contributed by atoms with Crippen LogP contribution in [0.4, 0.5) is 0 Å².